The van der Waals surface area contributed by atoms with Crippen LogP contribution in [-0.4, -0.2) is 33.9 Å². The van der Waals surface area contributed by atoms with Gasteiger partial charge in [0.05, 0.1) is 0 Å². The van der Waals surface area contributed by atoms with Crippen LogP contribution in [0.4, 0.5) is 4.79 Å². The predicted octanol–water partition coefficient (Wildman–Crippen LogP) is 0.603. The molecule has 1 atom stereocenters. The van der Waals surface area contributed by atoms with Crippen LogP contribution in [0.2, 0.25) is 0 Å². The van der Waals surface area contributed by atoms with Gasteiger partial charge in [0, 0.05) is 17.0 Å². The number of quaternary nitrogens is 1. The average Bonchev–Trinajstić information content (AvgIpc) is 2.88. The fraction of sp³-hybridized carbons (Fsp3) is 0.222. The van der Waals surface area contributed by atoms with Crippen LogP contribution < -0.4 is 5.73 Å². The molecule has 1 aliphatic heterocycles. The van der Waals surface area contributed by atoms with Crippen molar-refractivity contribution in [3.63, 3.8) is 0 Å². The van der Waals surface area contributed by atoms with Gasteiger partial charge in [0.1, 0.15) is 11.9 Å². The average molecular weight is 251 g/mol. The van der Waals surface area contributed by atoms with Gasteiger partial charge in [-0.05, 0) is 10.2 Å². The third-order valence-electron chi connectivity index (χ3n) is 2.12. The molecule has 0 aromatic carbocycles. The molecular formula is C9H9N5O2S+. The Labute approximate surface area is 101 Å². The third kappa shape index (κ3) is 2.12. The molecule has 17 heavy (non-hydrogen) atoms. The summed E-state index contributed by atoms with van der Waals surface area (Å²) in [4.78, 5) is 26.5. The van der Waals surface area contributed by atoms with Gasteiger partial charge < -0.3 is 5.73 Å². The molecule has 0 saturated heterocycles. The first-order chi connectivity index (χ1) is 8.03. The first-order valence-corrected chi connectivity index (χ1v) is 5.57. The molecule has 1 radical (unpaired) electrons. The van der Waals surface area contributed by atoms with Gasteiger partial charge in [0.25, 0.3) is 0 Å². The molecule has 1 aliphatic rings. The summed E-state index contributed by atoms with van der Waals surface area (Å²) in [5, 5.41) is 9.71. The van der Waals surface area contributed by atoms with E-state index in [2.05, 4.69) is 21.4 Å². The second-order valence-corrected chi connectivity index (χ2v) is 4.26. The van der Waals surface area contributed by atoms with Crippen molar-refractivity contribution in [3.8, 4) is 0 Å². The van der Waals surface area contributed by atoms with Crippen LogP contribution >= 0.6 is 11.3 Å². The molecule has 2 heterocycles. The van der Waals surface area contributed by atoms with Crippen LogP contribution in [0.15, 0.2) is 15.6 Å². The maximum Gasteiger partial charge on any atom is 0.468 e. The van der Waals surface area contributed by atoms with E-state index < -0.39 is 10.7 Å². The topological polar surface area (TPSA) is 97.8 Å². The van der Waals surface area contributed by atoms with Crippen molar-refractivity contribution in [1.29, 1.82) is 0 Å². The van der Waals surface area contributed by atoms with E-state index in [1.54, 1.807) is 5.38 Å². The number of carbonyl (C=O) groups is 2. The number of ketones is 1. The summed E-state index contributed by atoms with van der Waals surface area (Å²) >= 11 is 1.21. The summed E-state index contributed by atoms with van der Waals surface area (Å²) in [6, 6.07) is -0.719. The van der Waals surface area contributed by atoms with Gasteiger partial charge in [-0.15, -0.1) is 11.3 Å². The van der Waals surface area contributed by atoms with Crippen LogP contribution in [0.25, 0.3) is 0 Å². The van der Waals surface area contributed by atoms with Crippen LogP contribution in [0.1, 0.15) is 22.4 Å². The van der Waals surface area contributed by atoms with Crippen LogP contribution in [0.5, 0.6) is 0 Å². The van der Waals surface area contributed by atoms with E-state index in [0.29, 0.717) is 10.7 Å². The molecule has 0 spiro atoms. The van der Waals surface area contributed by atoms with Gasteiger partial charge in [-0.1, -0.05) is 0 Å². The lowest BCUT2D eigenvalue weighted by molar-refractivity contribution is -0.873. The first kappa shape index (κ1) is 11.6. The second-order valence-electron chi connectivity index (χ2n) is 3.40. The summed E-state index contributed by atoms with van der Waals surface area (Å²) in [6.45, 7) is 1.52. The van der Waals surface area contributed by atoms with Crippen molar-refractivity contribution >= 4 is 35.6 Å². The number of rotatable bonds is 3. The largest absolute Gasteiger partial charge is 0.468 e. The molecule has 0 bridgehead atoms. The first-order valence-electron chi connectivity index (χ1n) is 4.69. The van der Waals surface area contributed by atoms with Crippen molar-refractivity contribution in [2.24, 2.45) is 15.9 Å². The van der Waals surface area contributed by atoms with Crippen LogP contribution in [-0.2, 0) is 6.54 Å². The number of nitrogens with zero attached hydrogens (tertiary/aromatic N) is 4. The van der Waals surface area contributed by atoms with Gasteiger partial charge >= 0.3 is 6.03 Å². The summed E-state index contributed by atoms with van der Waals surface area (Å²) in [5.41, 5.74) is 5.79. The number of aromatic nitrogens is 1. The zero-order valence-corrected chi connectivity index (χ0v) is 9.77. The van der Waals surface area contributed by atoms with Crippen LogP contribution in [0, 0.1) is 0 Å². The van der Waals surface area contributed by atoms with Gasteiger partial charge in [0.15, 0.2) is 23.6 Å². The molecule has 0 fully saturated rings. The number of carbonyl (C=O) groups excluding carboxylic acids is 2. The minimum Gasteiger partial charge on any atom is -0.315 e. The Morgan fingerprint density at radius 2 is 2.35 bits per heavy atom. The van der Waals surface area contributed by atoms with Crippen molar-refractivity contribution in [2.45, 2.75) is 13.5 Å². The maximum atomic E-state index is 11.3. The molecule has 2 rings (SSSR count). The fourth-order valence-electron chi connectivity index (χ4n) is 1.30. The lowest BCUT2D eigenvalue weighted by Crippen LogP contribution is -2.45. The molecule has 1 aromatic rings. The predicted molar refractivity (Wildman–Crippen MR) is 61.6 cm³/mol. The number of urea groups is 1. The standard InChI is InChI=1S/C9H8N5O2S/c1-6(15)8-13-7(5-17-8)4-14(9(10)16)11-2-3-12-14/h2,5H,4H2,1H3,(H-,10,16)/p+1. The normalized spacial score (nSPS) is 16.3. The minimum atomic E-state index is -0.719. The SMILES string of the molecule is CC(=O)c1nc(C[N+]2(C(N)=O)N=[C]C=N2)cs1. The molecule has 2 amide bonds. The van der Waals surface area contributed by atoms with Crippen LogP contribution in [0.3, 0.4) is 0 Å². The van der Waals surface area contributed by atoms with Crippen molar-refractivity contribution in [1.82, 2.24) is 4.98 Å². The Morgan fingerprint density at radius 1 is 1.59 bits per heavy atom. The smallest absolute Gasteiger partial charge is 0.315 e. The number of amides is 2. The number of primary amides is 1. The highest BCUT2D eigenvalue weighted by atomic mass is 32.1. The number of Topliss-reactive ketones (excluding diaryl/α,β-unsaturated/α-hetero) is 1. The summed E-state index contributed by atoms with van der Waals surface area (Å²) < 4.78 is -0.638. The molecule has 8 heteroatoms. The lowest BCUT2D eigenvalue weighted by Gasteiger charge is -2.15. The van der Waals surface area contributed by atoms with Crippen molar-refractivity contribution < 1.29 is 14.3 Å². The summed E-state index contributed by atoms with van der Waals surface area (Å²) in [7, 11) is 0. The van der Waals surface area contributed by atoms with E-state index in [0.717, 1.165) is 0 Å². The van der Waals surface area contributed by atoms with E-state index >= 15 is 0 Å². The Balaban J connectivity index is 2.24. The Bertz CT molecular complexity index is 521. The summed E-state index contributed by atoms with van der Waals surface area (Å²) in [5.74, 6) is -0.119. The number of hydrogen-bond donors (Lipinski definition) is 1. The van der Waals surface area contributed by atoms with E-state index in [9.17, 15) is 9.59 Å². The third-order valence-corrected chi connectivity index (χ3v) is 3.11. The van der Waals surface area contributed by atoms with Crippen molar-refractivity contribution in [2.75, 3.05) is 0 Å². The molecule has 7 nitrogen and oxygen atoms in total. The lowest BCUT2D eigenvalue weighted by atomic mass is 10.4. The van der Waals surface area contributed by atoms with Gasteiger partial charge in [-0.25, -0.2) is 9.78 Å². The van der Waals surface area contributed by atoms with E-state index in [1.807, 2.05) is 0 Å². The van der Waals surface area contributed by atoms with E-state index in [-0.39, 0.29) is 12.3 Å². The number of thiazole rings is 1. The van der Waals surface area contributed by atoms with E-state index in [4.69, 9.17) is 5.73 Å². The second kappa shape index (κ2) is 4.15. The highest BCUT2D eigenvalue weighted by Crippen LogP contribution is 2.20. The number of hydrogen-bond acceptors (Lipinski definition) is 6. The molecule has 0 aliphatic carbocycles. The van der Waals surface area contributed by atoms with Gasteiger partial charge in [-0.2, -0.15) is 0 Å². The minimum absolute atomic E-state index is 0.0859. The Hall–Kier alpha value is -1.93. The van der Waals surface area contributed by atoms with Crippen molar-refractivity contribution in [3.05, 3.63) is 16.1 Å². The maximum absolute atomic E-state index is 11.3. The molecule has 0 saturated carbocycles. The van der Waals surface area contributed by atoms with E-state index in [1.165, 1.54) is 24.5 Å². The molecule has 87 valence electrons. The molecule has 1 aromatic heterocycles. The Kier molecular flexibility index (Phi) is 2.82. The molecule has 2 N–H and O–H groups in total. The molecular weight excluding hydrogens is 242 g/mol. The highest BCUT2D eigenvalue weighted by Gasteiger charge is 2.39. The van der Waals surface area contributed by atoms with Gasteiger partial charge in [-0.3, -0.25) is 4.79 Å². The summed E-state index contributed by atoms with van der Waals surface area (Å²) in [6.07, 6.45) is 3.74. The number of nitrogens with two attached hydrogens (primary N) is 1. The highest BCUT2D eigenvalue weighted by molar-refractivity contribution is 7.11. The van der Waals surface area contributed by atoms with Gasteiger partial charge in [0.2, 0.25) is 0 Å². The zero-order chi connectivity index (χ0) is 12.5. The monoisotopic (exact) mass is 251 g/mol. The fourth-order valence-corrected chi connectivity index (χ4v) is 2.01. The molecule has 1 unspecified atom stereocenters. The Morgan fingerprint density at radius 3 is 2.82 bits per heavy atom. The quantitative estimate of drug-likeness (QED) is 0.629. The zero-order valence-electron chi connectivity index (χ0n) is 8.95.